The standard InChI is InChI=1S/C21H25N5O4S2/c1-5-14-7-9-15(10-8-14)30-11-16-24-25-21(26(16)4)31-12-17(27)23-20-22-13(3)18(32-20)19(28)29-6-2/h7-10H,5-6,11-12H2,1-4H3,(H,22,23,27). The molecule has 0 aliphatic heterocycles. The van der Waals surface area contributed by atoms with Crippen molar-refractivity contribution >= 4 is 40.1 Å². The third-order valence-electron chi connectivity index (χ3n) is 4.46. The van der Waals surface area contributed by atoms with E-state index in [0.29, 0.717) is 26.7 Å². The molecule has 11 heteroatoms. The van der Waals surface area contributed by atoms with Crippen LogP contribution in [0.15, 0.2) is 29.4 Å². The smallest absolute Gasteiger partial charge is 0.350 e. The zero-order valence-electron chi connectivity index (χ0n) is 18.4. The van der Waals surface area contributed by atoms with E-state index in [9.17, 15) is 9.59 Å². The van der Waals surface area contributed by atoms with Gasteiger partial charge in [-0.25, -0.2) is 9.78 Å². The van der Waals surface area contributed by atoms with Gasteiger partial charge >= 0.3 is 5.97 Å². The number of rotatable bonds is 10. The highest BCUT2D eigenvalue weighted by Crippen LogP contribution is 2.24. The lowest BCUT2D eigenvalue weighted by Crippen LogP contribution is -2.14. The molecule has 1 N–H and O–H groups in total. The van der Waals surface area contributed by atoms with Crippen molar-refractivity contribution in [3.63, 3.8) is 0 Å². The highest BCUT2D eigenvalue weighted by molar-refractivity contribution is 7.99. The molecule has 0 saturated heterocycles. The van der Waals surface area contributed by atoms with E-state index < -0.39 is 5.97 Å². The molecule has 0 bridgehead atoms. The maximum absolute atomic E-state index is 12.3. The molecule has 32 heavy (non-hydrogen) atoms. The van der Waals surface area contributed by atoms with Gasteiger partial charge in [-0.15, -0.1) is 10.2 Å². The fourth-order valence-corrected chi connectivity index (χ4v) is 4.29. The number of aryl methyl sites for hydroxylation is 2. The molecule has 0 fully saturated rings. The predicted molar refractivity (Wildman–Crippen MR) is 123 cm³/mol. The van der Waals surface area contributed by atoms with Crippen molar-refractivity contribution in [2.45, 2.75) is 39.0 Å². The van der Waals surface area contributed by atoms with Crippen LogP contribution in [0.3, 0.4) is 0 Å². The summed E-state index contributed by atoms with van der Waals surface area (Å²) in [5.74, 6) is 0.851. The lowest BCUT2D eigenvalue weighted by molar-refractivity contribution is -0.113. The summed E-state index contributed by atoms with van der Waals surface area (Å²) in [6.45, 7) is 6.10. The number of anilines is 1. The molecular formula is C21H25N5O4S2. The molecule has 9 nitrogen and oxygen atoms in total. The van der Waals surface area contributed by atoms with Crippen LogP contribution >= 0.6 is 23.1 Å². The van der Waals surface area contributed by atoms with E-state index in [4.69, 9.17) is 9.47 Å². The van der Waals surface area contributed by atoms with Gasteiger partial charge in [0, 0.05) is 7.05 Å². The second-order valence-corrected chi connectivity index (χ2v) is 8.68. The third-order valence-corrected chi connectivity index (χ3v) is 6.53. The average molecular weight is 476 g/mol. The Morgan fingerprint density at radius 2 is 1.94 bits per heavy atom. The molecular weight excluding hydrogens is 450 g/mol. The van der Waals surface area contributed by atoms with Crippen molar-refractivity contribution in [3.8, 4) is 5.75 Å². The topological polar surface area (TPSA) is 108 Å². The number of nitrogens with one attached hydrogen (secondary N) is 1. The van der Waals surface area contributed by atoms with E-state index in [1.807, 2.05) is 31.3 Å². The Bertz CT molecular complexity index is 1080. The molecule has 170 valence electrons. The number of ether oxygens (including phenoxy) is 2. The number of esters is 1. The molecule has 2 aromatic heterocycles. The lowest BCUT2D eigenvalue weighted by Gasteiger charge is -2.07. The summed E-state index contributed by atoms with van der Waals surface area (Å²) in [7, 11) is 1.83. The summed E-state index contributed by atoms with van der Waals surface area (Å²) in [6, 6.07) is 7.93. The molecule has 0 aliphatic rings. The van der Waals surface area contributed by atoms with Crippen LogP contribution in [0.5, 0.6) is 5.75 Å². The van der Waals surface area contributed by atoms with Gasteiger partial charge in [0.25, 0.3) is 0 Å². The number of hydrogen-bond donors (Lipinski definition) is 1. The number of thioether (sulfide) groups is 1. The van der Waals surface area contributed by atoms with Gasteiger partial charge in [0.1, 0.15) is 17.2 Å². The summed E-state index contributed by atoms with van der Waals surface area (Å²) in [5.41, 5.74) is 1.77. The van der Waals surface area contributed by atoms with Crippen molar-refractivity contribution in [3.05, 3.63) is 46.2 Å². The Morgan fingerprint density at radius 1 is 1.19 bits per heavy atom. The summed E-state index contributed by atoms with van der Waals surface area (Å²) in [5, 5.41) is 12.0. The molecule has 3 rings (SSSR count). The van der Waals surface area contributed by atoms with E-state index in [0.717, 1.165) is 23.5 Å². The molecule has 0 spiro atoms. The first-order chi connectivity index (χ1) is 15.4. The van der Waals surface area contributed by atoms with Gasteiger partial charge in [-0.2, -0.15) is 0 Å². The minimum atomic E-state index is -0.437. The number of aromatic nitrogens is 4. The van der Waals surface area contributed by atoms with Gasteiger partial charge in [-0.1, -0.05) is 42.2 Å². The van der Waals surface area contributed by atoms with Crippen molar-refractivity contribution in [1.82, 2.24) is 19.7 Å². The Morgan fingerprint density at radius 3 is 2.62 bits per heavy atom. The van der Waals surface area contributed by atoms with Gasteiger partial charge in [0.15, 0.2) is 16.1 Å². The molecule has 0 atom stereocenters. The van der Waals surface area contributed by atoms with Crippen molar-refractivity contribution in [2.24, 2.45) is 7.05 Å². The van der Waals surface area contributed by atoms with Crippen molar-refractivity contribution in [2.75, 3.05) is 17.7 Å². The summed E-state index contributed by atoms with van der Waals surface area (Å²) >= 11 is 2.35. The van der Waals surface area contributed by atoms with Crippen LogP contribution in [-0.4, -0.2) is 44.0 Å². The van der Waals surface area contributed by atoms with Gasteiger partial charge in [0.2, 0.25) is 5.91 Å². The van der Waals surface area contributed by atoms with Crippen molar-refractivity contribution in [1.29, 1.82) is 0 Å². The number of amides is 1. The summed E-state index contributed by atoms with van der Waals surface area (Å²) < 4.78 is 12.6. The van der Waals surface area contributed by atoms with Crippen LogP contribution in [-0.2, 0) is 29.6 Å². The first-order valence-electron chi connectivity index (χ1n) is 10.1. The number of thiazole rings is 1. The summed E-state index contributed by atoms with van der Waals surface area (Å²) in [4.78, 5) is 28.8. The zero-order chi connectivity index (χ0) is 23.1. The largest absolute Gasteiger partial charge is 0.486 e. The van der Waals surface area contributed by atoms with Crippen molar-refractivity contribution < 1.29 is 19.1 Å². The molecule has 2 heterocycles. The Kier molecular flexibility index (Phi) is 8.23. The monoisotopic (exact) mass is 475 g/mol. The van der Waals surface area contributed by atoms with E-state index in [1.165, 1.54) is 17.3 Å². The molecule has 1 amide bonds. The van der Waals surface area contributed by atoms with Gasteiger partial charge in [-0.3, -0.25) is 4.79 Å². The second kappa shape index (κ2) is 11.1. The van der Waals surface area contributed by atoms with Gasteiger partial charge < -0.3 is 19.4 Å². The van der Waals surface area contributed by atoms with E-state index in [-0.39, 0.29) is 24.9 Å². The Labute approximate surface area is 194 Å². The van der Waals surface area contributed by atoms with Crippen LogP contribution < -0.4 is 10.1 Å². The third kappa shape index (κ3) is 6.07. The first kappa shape index (κ1) is 23.7. The summed E-state index contributed by atoms with van der Waals surface area (Å²) in [6.07, 6.45) is 0.979. The van der Waals surface area contributed by atoms with E-state index in [2.05, 4.69) is 27.4 Å². The lowest BCUT2D eigenvalue weighted by atomic mass is 10.2. The average Bonchev–Trinajstić information content (AvgIpc) is 3.33. The zero-order valence-corrected chi connectivity index (χ0v) is 20.0. The molecule has 1 aromatic carbocycles. The fraction of sp³-hybridized carbons (Fsp3) is 0.381. The second-order valence-electron chi connectivity index (χ2n) is 6.73. The van der Waals surface area contributed by atoms with E-state index >= 15 is 0 Å². The number of carbonyl (C=O) groups excluding carboxylic acids is 2. The maximum atomic E-state index is 12.3. The molecule has 0 saturated carbocycles. The molecule has 0 unspecified atom stereocenters. The quantitative estimate of drug-likeness (QED) is 0.350. The number of nitrogens with zero attached hydrogens (tertiary/aromatic N) is 4. The Hall–Kier alpha value is -2.92. The minimum Gasteiger partial charge on any atom is -0.486 e. The highest BCUT2D eigenvalue weighted by Gasteiger charge is 2.18. The number of benzene rings is 1. The fourth-order valence-electron chi connectivity index (χ4n) is 2.69. The molecule has 0 radical (unpaired) electrons. The van der Waals surface area contributed by atoms with Crippen LogP contribution in [0.4, 0.5) is 5.13 Å². The first-order valence-corrected chi connectivity index (χ1v) is 11.9. The molecule has 3 aromatic rings. The van der Waals surface area contributed by atoms with Crippen LogP contribution in [0.25, 0.3) is 0 Å². The SMILES string of the molecule is CCOC(=O)c1sc(NC(=O)CSc2nnc(COc3ccc(CC)cc3)n2C)nc1C. The maximum Gasteiger partial charge on any atom is 0.350 e. The Balaban J connectivity index is 1.51. The van der Waals surface area contributed by atoms with Crippen LogP contribution in [0.1, 0.15) is 40.6 Å². The highest BCUT2D eigenvalue weighted by atomic mass is 32.2. The minimum absolute atomic E-state index is 0.124. The van der Waals surface area contributed by atoms with Gasteiger partial charge in [0.05, 0.1) is 18.1 Å². The predicted octanol–water partition coefficient (Wildman–Crippen LogP) is 3.63. The van der Waals surface area contributed by atoms with Crippen LogP contribution in [0, 0.1) is 6.92 Å². The number of carbonyl (C=O) groups is 2. The van der Waals surface area contributed by atoms with Gasteiger partial charge in [-0.05, 0) is 38.0 Å². The van der Waals surface area contributed by atoms with E-state index in [1.54, 1.807) is 18.4 Å². The number of hydrogen-bond acceptors (Lipinski definition) is 9. The normalized spacial score (nSPS) is 10.8. The van der Waals surface area contributed by atoms with Crippen LogP contribution in [0.2, 0.25) is 0 Å². The molecule has 0 aliphatic carbocycles.